The number of hydrogen-bond acceptors (Lipinski definition) is 6. The third-order valence-corrected chi connectivity index (χ3v) is 6.87. The Kier molecular flexibility index (Phi) is 7.84. The van der Waals surface area contributed by atoms with E-state index in [-0.39, 0.29) is 5.91 Å². The van der Waals surface area contributed by atoms with Crippen LogP contribution in [-0.4, -0.2) is 38.1 Å². The zero-order valence-electron chi connectivity index (χ0n) is 21.2. The average molecular weight is 496 g/mol. The van der Waals surface area contributed by atoms with Gasteiger partial charge in [0.2, 0.25) is 11.7 Å². The highest BCUT2D eigenvalue weighted by molar-refractivity contribution is 5.92. The van der Waals surface area contributed by atoms with Crippen LogP contribution in [0, 0.1) is 5.92 Å². The number of tetrazole rings is 1. The summed E-state index contributed by atoms with van der Waals surface area (Å²) < 4.78 is 0. The van der Waals surface area contributed by atoms with E-state index >= 15 is 0 Å². The molecule has 2 heterocycles. The van der Waals surface area contributed by atoms with Crippen molar-refractivity contribution in [2.75, 3.05) is 16.8 Å². The van der Waals surface area contributed by atoms with E-state index in [9.17, 15) is 4.79 Å². The number of carbonyl (C=O) groups excluding carboxylic acids is 1. The van der Waals surface area contributed by atoms with Gasteiger partial charge in [-0.15, -0.1) is 10.2 Å². The predicted molar refractivity (Wildman–Crippen MR) is 146 cm³/mol. The Morgan fingerprint density at radius 1 is 1.03 bits per heavy atom. The van der Waals surface area contributed by atoms with Crippen LogP contribution in [0.4, 0.5) is 11.5 Å². The van der Waals surface area contributed by atoms with Gasteiger partial charge >= 0.3 is 0 Å². The maximum absolute atomic E-state index is 13.0. The first-order chi connectivity index (χ1) is 18.2. The smallest absolute Gasteiger partial charge is 0.224 e. The zero-order valence-corrected chi connectivity index (χ0v) is 21.2. The summed E-state index contributed by atoms with van der Waals surface area (Å²) in [6.45, 7) is 3.73. The molecule has 1 fully saturated rings. The van der Waals surface area contributed by atoms with Crippen LogP contribution in [0.1, 0.15) is 51.0 Å². The Balaban J connectivity index is 1.53. The monoisotopic (exact) mass is 495 g/mol. The van der Waals surface area contributed by atoms with E-state index in [1.165, 1.54) is 18.4 Å². The van der Waals surface area contributed by atoms with Crippen LogP contribution in [-0.2, 0) is 11.3 Å². The lowest BCUT2D eigenvalue weighted by atomic mass is 10.0. The van der Waals surface area contributed by atoms with Crippen molar-refractivity contribution in [1.29, 1.82) is 0 Å². The second kappa shape index (κ2) is 11.8. The quantitative estimate of drug-likeness (QED) is 0.286. The molecule has 8 heteroatoms. The van der Waals surface area contributed by atoms with Crippen molar-refractivity contribution in [3.05, 3.63) is 72.3 Å². The van der Waals surface area contributed by atoms with Gasteiger partial charge in [-0.05, 0) is 42.0 Å². The summed E-state index contributed by atoms with van der Waals surface area (Å²) in [5, 5.41) is 17.8. The van der Waals surface area contributed by atoms with Gasteiger partial charge in [0.05, 0.1) is 5.69 Å². The molecule has 1 aliphatic carbocycles. The highest BCUT2D eigenvalue weighted by atomic mass is 16.1. The first-order valence-electron chi connectivity index (χ1n) is 13.1. The van der Waals surface area contributed by atoms with E-state index in [1.807, 2.05) is 42.5 Å². The third kappa shape index (κ3) is 6.20. The number of aromatic nitrogens is 5. The first kappa shape index (κ1) is 24.6. The summed E-state index contributed by atoms with van der Waals surface area (Å²) in [6, 6.07) is 22.2. The van der Waals surface area contributed by atoms with Gasteiger partial charge in [0.1, 0.15) is 5.82 Å². The lowest BCUT2D eigenvalue weighted by Crippen LogP contribution is -2.25. The summed E-state index contributed by atoms with van der Waals surface area (Å²) in [4.78, 5) is 20.3. The van der Waals surface area contributed by atoms with Gasteiger partial charge in [0.25, 0.3) is 0 Å². The molecule has 4 aromatic rings. The standard InChI is InChI=1S/C29H33N7O/c1-2-16-36(20-22-12-4-3-5-13-22)27-19-23(30-28(37)17-21-10-6-7-11-21)18-26(31-27)24-14-8-9-15-25(24)29-32-34-35-33-29/h3-5,8-9,12-15,18-19,21H,2,6-7,10-11,16-17,20H2,1H3,(H,30,31,37)(H,32,33,34,35). The molecule has 5 rings (SSSR count). The third-order valence-electron chi connectivity index (χ3n) is 6.87. The molecule has 1 saturated carbocycles. The van der Waals surface area contributed by atoms with E-state index in [2.05, 4.69) is 62.0 Å². The topological polar surface area (TPSA) is 99.7 Å². The van der Waals surface area contributed by atoms with Gasteiger partial charge in [0, 0.05) is 42.4 Å². The number of rotatable bonds is 10. The molecule has 1 amide bonds. The van der Waals surface area contributed by atoms with Crippen molar-refractivity contribution in [3.63, 3.8) is 0 Å². The normalized spacial score (nSPS) is 13.5. The SMILES string of the molecule is CCCN(Cc1ccccc1)c1cc(NC(=O)CC2CCCC2)cc(-c2ccccc2-c2nn[nH]n2)n1. The minimum atomic E-state index is 0.0616. The van der Waals surface area contributed by atoms with Crippen molar-refractivity contribution >= 4 is 17.4 Å². The number of pyridine rings is 1. The summed E-state index contributed by atoms with van der Waals surface area (Å²) in [6.07, 6.45) is 6.26. The Bertz CT molecular complexity index is 1300. The van der Waals surface area contributed by atoms with Crippen LogP contribution in [0.2, 0.25) is 0 Å². The van der Waals surface area contributed by atoms with Gasteiger partial charge in [-0.2, -0.15) is 5.21 Å². The molecule has 0 saturated heterocycles. The predicted octanol–water partition coefficient (Wildman–Crippen LogP) is 5.86. The largest absolute Gasteiger partial charge is 0.352 e. The Hall–Kier alpha value is -4.07. The summed E-state index contributed by atoms with van der Waals surface area (Å²) in [5.41, 5.74) is 4.42. The van der Waals surface area contributed by atoms with E-state index in [1.54, 1.807) is 0 Å². The molecular weight excluding hydrogens is 462 g/mol. The van der Waals surface area contributed by atoms with Crippen molar-refractivity contribution in [2.45, 2.75) is 52.0 Å². The number of H-pyrrole nitrogens is 1. The molecule has 0 spiro atoms. The first-order valence-corrected chi connectivity index (χ1v) is 13.1. The molecule has 190 valence electrons. The van der Waals surface area contributed by atoms with Crippen molar-refractivity contribution < 1.29 is 4.79 Å². The van der Waals surface area contributed by atoms with Gasteiger partial charge in [0.15, 0.2) is 0 Å². The molecule has 0 radical (unpaired) electrons. The minimum Gasteiger partial charge on any atom is -0.352 e. The molecule has 2 N–H and O–H groups in total. The van der Waals surface area contributed by atoms with Crippen LogP contribution < -0.4 is 10.2 Å². The molecule has 37 heavy (non-hydrogen) atoms. The van der Waals surface area contributed by atoms with Gasteiger partial charge < -0.3 is 10.2 Å². The molecule has 0 atom stereocenters. The summed E-state index contributed by atoms with van der Waals surface area (Å²) >= 11 is 0. The summed E-state index contributed by atoms with van der Waals surface area (Å²) in [7, 11) is 0. The molecule has 0 aliphatic heterocycles. The van der Waals surface area contributed by atoms with Crippen molar-refractivity contribution in [2.24, 2.45) is 5.92 Å². The number of nitrogens with zero attached hydrogens (tertiary/aromatic N) is 5. The number of hydrogen-bond donors (Lipinski definition) is 2. The maximum atomic E-state index is 13.0. The second-order valence-electron chi connectivity index (χ2n) is 9.69. The molecule has 1 aliphatic rings. The van der Waals surface area contributed by atoms with Crippen molar-refractivity contribution in [3.8, 4) is 22.6 Å². The zero-order chi connectivity index (χ0) is 25.5. The summed E-state index contributed by atoms with van der Waals surface area (Å²) in [5.74, 6) is 1.87. The number of nitrogens with one attached hydrogen (secondary N) is 2. The lowest BCUT2D eigenvalue weighted by molar-refractivity contribution is -0.117. The van der Waals surface area contributed by atoms with Crippen LogP contribution in [0.25, 0.3) is 22.6 Å². The molecule has 0 unspecified atom stereocenters. The van der Waals surface area contributed by atoms with Crippen LogP contribution >= 0.6 is 0 Å². The average Bonchev–Trinajstić information content (AvgIpc) is 3.64. The van der Waals surface area contributed by atoms with Gasteiger partial charge in [-0.3, -0.25) is 4.79 Å². The number of benzene rings is 2. The number of anilines is 2. The maximum Gasteiger partial charge on any atom is 0.224 e. The molecule has 0 bridgehead atoms. The number of aromatic amines is 1. The fraction of sp³-hybridized carbons (Fsp3) is 0.345. The van der Waals surface area contributed by atoms with E-state index in [0.29, 0.717) is 18.2 Å². The van der Waals surface area contributed by atoms with Crippen molar-refractivity contribution in [1.82, 2.24) is 25.6 Å². The van der Waals surface area contributed by atoms with E-state index in [4.69, 9.17) is 4.98 Å². The fourth-order valence-electron chi connectivity index (χ4n) is 5.10. The van der Waals surface area contributed by atoms with Crippen LogP contribution in [0.3, 0.4) is 0 Å². The Morgan fingerprint density at radius 2 is 1.78 bits per heavy atom. The molecule has 2 aromatic heterocycles. The van der Waals surface area contributed by atoms with Crippen LogP contribution in [0.15, 0.2) is 66.7 Å². The number of amides is 1. The van der Waals surface area contributed by atoms with Gasteiger partial charge in [-0.25, -0.2) is 4.98 Å². The Labute approximate surface area is 217 Å². The molecule has 2 aromatic carbocycles. The number of carbonyl (C=O) groups is 1. The van der Waals surface area contributed by atoms with E-state index in [0.717, 1.165) is 60.7 Å². The molecule has 8 nitrogen and oxygen atoms in total. The minimum absolute atomic E-state index is 0.0616. The highest BCUT2D eigenvalue weighted by Crippen LogP contribution is 2.33. The van der Waals surface area contributed by atoms with Crippen LogP contribution in [0.5, 0.6) is 0 Å². The Morgan fingerprint density at radius 3 is 2.51 bits per heavy atom. The highest BCUT2D eigenvalue weighted by Gasteiger charge is 2.20. The molecular formula is C29H33N7O. The fourth-order valence-corrected chi connectivity index (χ4v) is 5.10. The van der Waals surface area contributed by atoms with Gasteiger partial charge in [-0.1, -0.05) is 74.4 Å². The second-order valence-corrected chi connectivity index (χ2v) is 9.69. The lowest BCUT2D eigenvalue weighted by Gasteiger charge is -2.25. The van der Waals surface area contributed by atoms with E-state index < -0.39 is 0 Å².